The van der Waals surface area contributed by atoms with Crippen LogP contribution in [0, 0.1) is 15.9 Å². The molecule has 23 heavy (non-hydrogen) atoms. The van der Waals surface area contributed by atoms with E-state index in [9.17, 15) is 14.5 Å². The van der Waals surface area contributed by atoms with Gasteiger partial charge in [-0.15, -0.1) is 11.3 Å². The zero-order valence-electron chi connectivity index (χ0n) is 11.7. The fourth-order valence-electron chi connectivity index (χ4n) is 1.89. The van der Waals surface area contributed by atoms with E-state index in [1.807, 2.05) is 5.38 Å². The van der Waals surface area contributed by atoms with Crippen LogP contribution in [0.5, 0.6) is 0 Å². The lowest BCUT2D eigenvalue weighted by Crippen LogP contribution is -1.88. The highest BCUT2D eigenvalue weighted by atomic mass is 32.1. The van der Waals surface area contributed by atoms with Gasteiger partial charge in [-0.2, -0.15) is 0 Å². The molecule has 2 aromatic carbocycles. The molecule has 3 aromatic rings. The van der Waals surface area contributed by atoms with Gasteiger partial charge in [-0.3, -0.25) is 10.1 Å². The molecule has 5 nitrogen and oxygen atoms in total. The number of hydrogen-bond acceptors (Lipinski definition) is 5. The van der Waals surface area contributed by atoms with Gasteiger partial charge in [0.25, 0.3) is 5.69 Å². The van der Waals surface area contributed by atoms with Gasteiger partial charge in [0.15, 0.2) is 0 Å². The molecule has 7 heteroatoms. The maximum absolute atomic E-state index is 12.9. The Morgan fingerprint density at radius 2 is 1.83 bits per heavy atom. The van der Waals surface area contributed by atoms with Crippen LogP contribution >= 0.6 is 11.3 Å². The number of benzene rings is 2. The number of halogens is 1. The first-order valence-corrected chi connectivity index (χ1v) is 7.50. The first kappa shape index (κ1) is 15.0. The number of nitro benzene ring substituents is 1. The first-order chi connectivity index (χ1) is 11.1. The summed E-state index contributed by atoms with van der Waals surface area (Å²) in [6.07, 6.45) is 1.59. The molecular weight excluding hydrogens is 317 g/mol. The van der Waals surface area contributed by atoms with Crippen molar-refractivity contribution in [2.75, 3.05) is 0 Å². The summed E-state index contributed by atoms with van der Waals surface area (Å²) in [5, 5.41) is 13.0. The van der Waals surface area contributed by atoms with E-state index in [2.05, 4.69) is 9.98 Å². The molecule has 0 aliphatic rings. The molecule has 0 aliphatic carbocycles. The van der Waals surface area contributed by atoms with Crippen LogP contribution in [-0.2, 0) is 0 Å². The van der Waals surface area contributed by atoms with Gasteiger partial charge >= 0.3 is 0 Å². The Balaban J connectivity index is 1.75. The van der Waals surface area contributed by atoms with Gasteiger partial charge in [-0.25, -0.2) is 14.4 Å². The molecule has 0 bridgehead atoms. The predicted octanol–water partition coefficient (Wildman–Crippen LogP) is 4.61. The second-order valence-electron chi connectivity index (χ2n) is 4.63. The first-order valence-electron chi connectivity index (χ1n) is 6.62. The van der Waals surface area contributed by atoms with E-state index >= 15 is 0 Å². The lowest BCUT2D eigenvalue weighted by Gasteiger charge is -1.95. The molecule has 0 N–H and O–H groups in total. The third kappa shape index (κ3) is 3.64. The minimum atomic E-state index is -0.448. The van der Waals surface area contributed by atoms with E-state index < -0.39 is 4.92 Å². The summed E-state index contributed by atoms with van der Waals surface area (Å²) >= 11 is 1.36. The number of non-ortho nitro benzene ring substituents is 1. The number of aliphatic imine (C=N–C) groups is 1. The maximum atomic E-state index is 12.9. The largest absolute Gasteiger partial charge is 0.269 e. The summed E-state index contributed by atoms with van der Waals surface area (Å²) < 4.78 is 12.9. The third-order valence-electron chi connectivity index (χ3n) is 3.06. The molecule has 0 fully saturated rings. The number of aromatic nitrogens is 1. The minimum absolute atomic E-state index is 0.0370. The summed E-state index contributed by atoms with van der Waals surface area (Å²) in [5.41, 5.74) is 2.33. The molecule has 0 atom stereocenters. The smallest absolute Gasteiger partial charge is 0.258 e. The van der Waals surface area contributed by atoms with Crippen LogP contribution in [0.25, 0.3) is 11.3 Å². The van der Waals surface area contributed by atoms with Gasteiger partial charge in [0.1, 0.15) is 5.82 Å². The Labute approximate surface area is 134 Å². The van der Waals surface area contributed by atoms with Gasteiger partial charge in [0.05, 0.1) is 10.6 Å². The third-order valence-corrected chi connectivity index (χ3v) is 3.81. The molecule has 0 aliphatic heterocycles. The normalized spacial score (nSPS) is 11.0. The van der Waals surface area contributed by atoms with Crippen molar-refractivity contribution in [3.8, 4) is 11.3 Å². The van der Waals surface area contributed by atoms with Crippen molar-refractivity contribution in [2.45, 2.75) is 0 Å². The molecule has 0 saturated heterocycles. The van der Waals surface area contributed by atoms with Gasteiger partial charge < -0.3 is 0 Å². The SMILES string of the molecule is O=[N+]([O-])c1ccc(C=Nc2nc(-c3ccc(F)cc3)cs2)cc1. The van der Waals surface area contributed by atoms with E-state index in [-0.39, 0.29) is 11.5 Å². The predicted molar refractivity (Wildman–Crippen MR) is 87.9 cm³/mol. The number of thiazole rings is 1. The Kier molecular flexibility index (Phi) is 4.20. The highest BCUT2D eigenvalue weighted by Crippen LogP contribution is 2.26. The van der Waals surface area contributed by atoms with Crippen LogP contribution in [0.4, 0.5) is 15.2 Å². The molecule has 0 spiro atoms. The Morgan fingerprint density at radius 1 is 1.13 bits per heavy atom. The van der Waals surface area contributed by atoms with E-state index in [0.29, 0.717) is 5.13 Å². The number of rotatable bonds is 4. The van der Waals surface area contributed by atoms with Crippen LogP contribution in [-0.4, -0.2) is 16.1 Å². The Bertz CT molecular complexity index is 858. The minimum Gasteiger partial charge on any atom is -0.258 e. The average molecular weight is 327 g/mol. The summed E-state index contributed by atoms with van der Waals surface area (Å²) in [5.74, 6) is -0.291. The molecular formula is C16H10FN3O2S. The fourth-order valence-corrected chi connectivity index (χ4v) is 2.56. The van der Waals surface area contributed by atoms with Crippen molar-refractivity contribution in [3.05, 3.63) is 75.4 Å². The van der Waals surface area contributed by atoms with Crippen molar-refractivity contribution in [1.29, 1.82) is 0 Å². The summed E-state index contributed by atoms with van der Waals surface area (Å²) in [4.78, 5) is 18.8. The van der Waals surface area contributed by atoms with Crippen LogP contribution in [0.15, 0.2) is 58.9 Å². The highest BCUT2D eigenvalue weighted by molar-refractivity contribution is 7.13. The monoisotopic (exact) mass is 327 g/mol. The van der Waals surface area contributed by atoms with Gasteiger partial charge in [0.2, 0.25) is 5.13 Å². The second-order valence-corrected chi connectivity index (χ2v) is 5.47. The van der Waals surface area contributed by atoms with Crippen molar-refractivity contribution < 1.29 is 9.31 Å². The van der Waals surface area contributed by atoms with Crippen molar-refractivity contribution in [3.63, 3.8) is 0 Å². The molecule has 1 aromatic heterocycles. The van der Waals surface area contributed by atoms with Gasteiger partial charge in [-0.1, -0.05) is 0 Å². The summed E-state index contributed by atoms with van der Waals surface area (Å²) in [7, 11) is 0. The lowest BCUT2D eigenvalue weighted by molar-refractivity contribution is -0.384. The zero-order valence-corrected chi connectivity index (χ0v) is 12.5. The van der Waals surface area contributed by atoms with Crippen molar-refractivity contribution >= 4 is 28.4 Å². The second kappa shape index (κ2) is 6.45. The number of hydrogen-bond donors (Lipinski definition) is 0. The molecule has 3 rings (SSSR count). The average Bonchev–Trinajstić information content (AvgIpc) is 3.03. The zero-order chi connectivity index (χ0) is 16.2. The number of nitro groups is 1. The molecule has 0 unspecified atom stereocenters. The standard InChI is InChI=1S/C16H10FN3O2S/c17-13-5-3-12(4-6-13)15-10-23-16(19-15)18-9-11-1-7-14(8-2-11)20(21)22/h1-10H. The number of nitrogens with zero attached hydrogens (tertiary/aromatic N) is 3. The van der Waals surface area contributed by atoms with E-state index in [1.54, 1.807) is 30.5 Å². The van der Waals surface area contributed by atoms with Crippen molar-refractivity contribution in [1.82, 2.24) is 4.98 Å². The van der Waals surface area contributed by atoms with Crippen LogP contribution in [0.1, 0.15) is 5.56 Å². The quantitative estimate of drug-likeness (QED) is 0.399. The fraction of sp³-hybridized carbons (Fsp3) is 0. The molecule has 0 amide bonds. The molecule has 1 heterocycles. The molecule has 0 saturated carbocycles. The Morgan fingerprint density at radius 3 is 2.48 bits per heavy atom. The Hall–Kier alpha value is -2.93. The highest BCUT2D eigenvalue weighted by Gasteiger charge is 2.05. The van der Waals surface area contributed by atoms with Crippen LogP contribution in [0.2, 0.25) is 0 Å². The van der Waals surface area contributed by atoms with E-state index in [4.69, 9.17) is 0 Å². The summed E-state index contributed by atoms with van der Waals surface area (Å²) in [6.45, 7) is 0. The maximum Gasteiger partial charge on any atom is 0.269 e. The van der Waals surface area contributed by atoms with E-state index in [0.717, 1.165) is 16.8 Å². The van der Waals surface area contributed by atoms with E-state index in [1.165, 1.54) is 35.6 Å². The van der Waals surface area contributed by atoms with Gasteiger partial charge in [0, 0.05) is 29.3 Å². The molecule has 114 valence electrons. The van der Waals surface area contributed by atoms with Crippen LogP contribution < -0.4 is 0 Å². The van der Waals surface area contributed by atoms with Crippen LogP contribution in [0.3, 0.4) is 0 Å². The van der Waals surface area contributed by atoms with Crippen molar-refractivity contribution in [2.24, 2.45) is 4.99 Å². The summed E-state index contributed by atoms with van der Waals surface area (Å²) in [6, 6.07) is 12.2. The lowest BCUT2D eigenvalue weighted by atomic mass is 10.2. The molecule has 0 radical (unpaired) electrons. The van der Waals surface area contributed by atoms with Gasteiger partial charge in [-0.05, 0) is 42.0 Å². The topological polar surface area (TPSA) is 68.4 Å².